The molecule has 0 spiro atoms. The number of nitrogens with one attached hydrogen (secondary N) is 2. The third-order valence-corrected chi connectivity index (χ3v) is 5.85. The number of nitrogens with zero attached hydrogens (tertiary/aromatic N) is 1. The number of hydrogen-bond acceptors (Lipinski definition) is 6. The summed E-state index contributed by atoms with van der Waals surface area (Å²) < 4.78 is 11.0. The molecule has 1 aromatic heterocycles. The standard InChI is InChI=1S/C22H20ClN3O4S/c1-12(27)24-17-7-8-30-20-5-3-13(9-15(17)20)18-11-31-22(25-18)26-21(28)16-10-14(23)4-6-19(16)29-2/h3-6,9-11,17H,7-8H2,1-2H3,(H,24,27)(H,25,26,28). The third-order valence-electron chi connectivity index (χ3n) is 4.85. The first-order valence-electron chi connectivity index (χ1n) is 9.59. The quantitative estimate of drug-likeness (QED) is 0.580. The first kappa shape index (κ1) is 21.1. The van der Waals surface area contributed by atoms with Crippen molar-refractivity contribution in [3.05, 3.63) is 57.9 Å². The van der Waals surface area contributed by atoms with Gasteiger partial charge in [-0.2, -0.15) is 0 Å². The molecule has 1 unspecified atom stereocenters. The van der Waals surface area contributed by atoms with Crippen LogP contribution in [-0.4, -0.2) is 30.5 Å². The largest absolute Gasteiger partial charge is 0.496 e. The van der Waals surface area contributed by atoms with Gasteiger partial charge in [-0.1, -0.05) is 11.6 Å². The lowest BCUT2D eigenvalue weighted by atomic mass is 9.97. The third kappa shape index (κ3) is 4.65. The van der Waals surface area contributed by atoms with Gasteiger partial charge >= 0.3 is 0 Å². The maximum Gasteiger partial charge on any atom is 0.261 e. The van der Waals surface area contributed by atoms with E-state index in [2.05, 4.69) is 15.6 Å². The van der Waals surface area contributed by atoms with Crippen molar-refractivity contribution in [2.75, 3.05) is 19.0 Å². The molecule has 160 valence electrons. The van der Waals surface area contributed by atoms with Crippen LogP contribution in [0.4, 0.5) is 5.13 Å². The van der Waals surface area contributed by atoms with Crippen LogP contribution in [0.5, 0.6) is 11.5 Å². The summed E-state index contributed by atoms with van der Waals surface area (Å²) in [6.45, 7) is 2.06. The Morgan fingerprint density at radius 1 is 1.26 bits per heavy atom. The number of methoxy groups -OCH3 is 1. The molecule has 0 fully saturated rings. The van der Waals surface area contributed by atoms with Crippen LogP contribution in [0.2, 0.25) is 5.02 Å². The highest BCUT2D eigenvalue weighted by Gasteiger charge is 2.23. The lowest BCUT2D eigenvalue weighted by Crippen LogP contribution is -2.30. The average molecular weight is 458 g/mol. The highest BCUT2D eigenvalue weighted by atomic mass is 35.5. The van der Waals surface area contributed by atoms with E-state index in [0.717, 1.165) is 16.9 Å². The topological polar surface area (TPSA) is 89.5 Å². The van der Waals surface area contributed by atoms with Gasteiger partial charge in [0, 0.05) is 34.9 Å². The zero-order valence-electron chi connectivity index (χ0n) is 16.9. The second kappa shape index (κ2) is 8.95. The van der Waals surface area contributed by atoms with E-state index in [1.807, 2.05) is 23.6 Å². The maximum absolute atomic E-state index is 12.7. The number of fused-ring (bicyclic) bond motifs is 1. The van der Waals surface area contributed by atoms with Crippen molar-refractivity contribution in [2.24, 2.45) is 0 Å². The Labute approximate surface area is 188 Å². The first-order chi connectivity index (χ1) is 14.9. The summed E-state index contributed by atoms with van der Waals surface area (Å²) in [4.78, 5) is 28.8. The molecule has 4 rings (SSSR count). The fraction of sp³-hybridized carbons (Fsp3) is 0.227. The Bertz CT molecular complexity index is 1150. The molecule has 2 heterocycles. The minimum Gasteiger partial charge on any atom is -0.496 e. The van der Waals surface area contributed by atoms with Crippen molar-refractivity contribution >= 4 is 39.9 Å². The van der Waals surface area contributed by atoms with E-state index in [9.17, 15) is 9.59 Å². The van der Waals surface area contributed by atoms with Gasteiger partial charge in [-0.15, -0.1) is 11.3 Å². The molecular weight excluding hydrogens is 438 g/mol. The van der Waals surface area contributed by atoms with Gasteiger partial charge in [0.2, 0.25) is 5.91 Å². The second-order valence-electron chi connectivity index (χ2n) is 6.98. The van der Waals surface area contributed by atoms with Crippen LogP contribution in [0.15, 0.2) is 41.8 Å². The van der Waals surface area contributed by atoms with Crippen LogP contribution in [0.1, 0.15) is 35.3 Å². The molecule has 3 aromatic rings. The Balaban J connectivity index is 1.56. The highest BCUT2D eigenvalue weighted by Crippen LogP contribution is 2.36. The minimum absolute atomic E-state index is 0.0849. The minimum atomic E-state index is -0.357. The van der Waals surface area contributed by atoms with Crippen LogP contribution >= 0.6 is 22.9 Å². The SMILES string of the molecule is COc1ccc(Cl)cc1C(=O)Nc1nc(-c2ccc3c(c2)C(NC(C)=O)CCO3)cs1. The van der Waals surface area contributed by atoms with Gasteiger partial charge in [-0.05, 0) is 36.4 Å². The highest BCUT2D eigenvalue weighted by molar-refractivity contribution is 7.14. The Kier molecular flexibility index (Phi) is 6.11. The maximum atomic E-state index is 12.7. The van der Waals surface area contributed by atoms with E-state index >= 15 is 0 Å². The van der Waals surface area contributed by atoms with E-state index in [0.29, 0.717) is 40.2 Å². The van der Waals surface area contributed by atoms with Gasteiger partial charge in [0.05, 0.1) is 31.0 Å². The number of anilines is 1. The van der Waals surface area contributed by atoms with Gasteiger partial charge in [0.25, 0.3) is 5.91 Å². The summed E-state index contributed by atoms with van der Waals surface area (Å²) in [6.07, 6.45) is 0.704. The number of thiazole rings is 1. The van der Waals surface area contributed by atoms with Gasteiger partial charge in [-0.25, -0.2) is 4.98 Å². The summed E-state index contributed by atoms with van der Waals surface area (Å²) >= 11 is 7.34. The zero-order valence-corrected chi connectivity index (χ0v) is 18.5. The lowest BCUT2D eigenvalue weighted by Gasteiger charge is -2.26. The van der Waals surface area contributed by atoms with Crippen molar-refractivity contribution < 1.29 is 19.1 Å². The zero-order chi connectivity index (χ0) is 22.0. The molecule has 2 aromatic carbocycles. The van der Waals surface area contributed by atoms with Crippen LogP contribution in [-0.2, 0) is 4.79 Å². The van der Waals surface area contributed by atoms with Gasteiger partial charge in [0.15, 0.2) is 5.13 Å². The first-order valence-corrected chi connectivity index (χ1v) is 10.8. The molecule has 9 heteroatoms. The lowest BCUT2D eigenvalue weighted by molar-refractivity contribution is -0.119. The summed E-state index contributed by atoms with van der Waals surface area (Å²) in [7, 11) is 1.50. The molecule has 2 amide bonds. The number of ether oxygens (including phenoxy) is 2. The number of rotatable bonds is 5. The molecule has 7 nitrogen and oxygen atoms in total. The summed E-state index contributed by atoms with van der Waals surface area (Å²) in [5.41, 5.74) is 2.84. The Morgan fingerprint density at radius 2 is 2.10 bits per heavy atom. The van der Waals surface area contributed by atoms with E-state index in [1.54, 1.807) is 18.2 Å². The molecular formula is C22H20ClN3O4S. The van der Waals surface area contributed by atoms with E-state index in [4.69, 9.17) is 21.1 Å². The van der Waals surface area contributed by atoms with Crippen molar-refractivity contribution in [3.63, 3.8) is 0 Å². The van der Waals surface area contributed by atoms with E-state index in [1.165, 1.54) is 25.4 Å². The van der Waals surface area contributed by atoms with Crippen LogP contribution in [0, 0.1) is 0 Å². The molecule has 0 aliphatic carbocycles. The fourth-order valence-electron chi connectivity index (χ4n) is 3.43. The smallest absolute Gasteiger partial charge is 0.261 e. The normalized spacial score (nSPS) is 14.9. The number of benzene rings is 2. The van der Waals surface area contributed by atoms with E-state index in [-0.39, 0.29) is 17.9 Å². The number of aromatic nitrogens is 1. The summed E-state index contributed by atoms with van der Waals surface area (Å²) in [5.74, 6) is 0.742. The van der Waals surface area contributed by atoms with Crippen LogP contribution in [0.25, 0.3) is 11.3 Å². The molecule has 2 N–H and O–H groups in total. The van der Waals surface area contributed by atoms with Crippen LogP contribution < -0.4 is 20.1 Å². The molecule has 0 saturated heterocycles. The number of carbonyl (C=O) groups is 2. The summed E-state index contributed by atoms with van der Waals surface area (Å²) in [6, 6.07) is 10.5. The van der Waals surface area contributed by atoms with Crippen molar-refractivity contribution in [1.82, 2.24) is 10.3 Å². The summed E-state index contributed by atoms with van der Waals surface area (Å²) in [5, 5.41) is 8.52. The molecule has 0 saturated carbocycles. The average Bonchev–Trinajstić information content (AvgIpc) is 3.21. The Hall–Kier alpha value is -3.10. The van der Waals surface area contributed by atoms with E-state index < -0.39 is 0 Å². The van der Waals surface area contributed by atoms with Crippen molar-refractivity contribution in [2.45, 2.75) is 19.4 Å². The number of halogens is 1. The molecule has 0 radical (unpaired) electrons. The molecule has 1 aliphatic rings. The monoisotopic (exact) mass is 457 g/mol. The molecule has 0 bridgehead atoms. The molecule has 31 heavy (non-hydrogen) atoms. The molecule has 1 aliphatic heterocycles. The number of amides is 2. The van der Waals surface area contributed by atoms with Crippen LogP contribution in [0.3, 0.4) is 0 Å². The van der Waals surface area contributed by atoms with Crippen molar-refractivity contribution in [3.8, 4) is 22.8 Å². The predicted octanol–water partition coefficient (Wildman–Crippen LogP) is 4.68. The van der Waals surface area contributed by atoms with Crippen molar-refractivity contribution in [1.29, 1.82) is 0 Å². The Morgan fingerprint density at radius 3 is 2.87 bits per heavy atom. The second-order valence-corrected chi connectivity index (χ2v) is 8.27. The number of carbonyl (C=O) groups excluding carboxylic acids is 2. The number of hydrogen-bond donors (Lipinski definition) is 2. The predicted molar refractivity (Wildman–Crippen MR) is 120 cm³/mol. The van der Waals surface area contributed by atoms with Gasteiger partial charge < -0.3 is 14.8 Å². The fourth-order valence-corrected chi connectivity index (χ4v) is 4.32. The van der Waals surface area contributed by atoms with Gasteiger partial charge in [-0.3, -0.25) is 14.9 Å². The van der Waals surface area contributed by atoms with Gasteiger partial charge in [0.1, 0.15) is 11.5 Å². The molecule has 1 atom stereocenters.